The normalized spacial score (nSPS) is 14.0. The SMILES string of the molecule is O=C1OC(=O)c2cc(CCCNC(=S)NCCCc3ccc4c(c3)C(=O)OC4=O)ccc21. The molecule has 32 heavy (non-hydrogen) atoms. The molecule has 0 spiro atoms. The average molecular weight is 452 g/mol. The van der Waals surface area contributed by atoms with Crippen LogP contribution in [0.15, 0.2) is 36.4 Å². The Morgan fingerprint density at radius 2 is 1.06 bits per heavy atom. The largest absolute Gasteiger partial charge is 0.386 e. The maximum absolute atomic E-state index is 11.6. The van der Waals surface area contributed by atoms with Gasteiger partial charge in [0.05, 0.1) is 22.3 Å². The summed E-state index contributed by atoms with van der Waals surface area (Å²) in [6.45, 7) is 1.32. The third-order valence-electron chi connectivity index (χ3n) is 5.27. The van der Waals surface area contributed by atoms with E-state index in [0.717, 1.165) is 36.8 Å². The number of ether oxygens (including phenoxy) is 2. The lowest BCUT2D eigenvalue weighted by Crippen LogP contribution is -2.36. The number of thiocarbonyl (C=S) groups is 1. The first-order valence-electron chi connectivity index (χ1n) is 10.2. The van der Waals surface area contributed by atoms with Crippen molar-refractivity contribution >= 4 is 41.2 Å². The zero-order valence-corrected chi connectivity index (χ0v) is 17.9. The molecule has 0 aliphatic carbocycles. The summed E-state index contributed by atoms with van der Waals surface area (Å²) < 4.78 is 9.20. The van der Waals surface area contributed by atoms with Crippen LogP contribution in [0.1, 0.15) is 65.4 Å². The van der Waals surface area contributed by atoms with Crippen LogP contribution in [0.5, 0.6) is 0 Å². The molecule has 4 rings (SSSR count). The van der Waals surface area contributed by atoms with E-state index in [4.69, 9.17) is 12.2 Å². The molecular weight excluding hydrogens is 432 g/mol. The van der Waals surface area contributed by atoms with Crippen LogP contribution in [0.3, 0.4) is 0 Å². The molecule has 0 atom stereocenters. The lowest BCUT2D eigenvalue weighted by Gasteiger charge is -2.11. The van der Waals surface area contributed by atoms with Crippen LogP contribution in [-0.2, 0) is 22.3 Å². The fourth-order valence-electron chi connectivity index (χ4n) is 3.63. The van der Waals surface area contributed by atoms with Crippen LogP contribution < -0.4 is 10.6 Å². The van der Waals surface area contributed by atoms with E-state index < -0.39 is 23.9 Å². The number of carbonyl (C=O) groups excluding carboxylic acids is 4. The van der Waals surface area contributed by atoms with Gasteiger partial charge >= 0.3 is 23.9 Å². The molecule has 9 heteroatoms. The molecule has 2 N–H and O–H groups in total. The van der Waals surface area contributed by atoms with Gasteiger partial charge in [0.1, 0.15) is 0 Å². The third-order valence-corrected chi connectivity index (χ3v) is 5.56. The number of nitrogens with one attached hydrogen (secondary N) is 2. The van der Waals surface area contributed by atoms with Crippen molar-refractivity contribution in [3.05, 3.63) is 69.8 Å². The number of carbonyl (C=O) groups is 4. The van der Waals surface area contributed by atoms with Crippen LogP contribution in [0.4, 0.5) is 0 Å². The number of benzene rings is 2. The van der Waals surface area contributed by atoms with E-state index in [9.17, 15) is 19.2 Å². The molecule has 0 saturated carbocycles. The average Bonchev–Trinajstić information content (AvgIpc) is 3.22. The van der Waals surface area contributed by atoms with Gasteiger partial charge in [-0.2, -0.15) is 0 Å². The molecule has 8 nitrogen and oxygen atoms in total. The Bertz CT molecular complexity index is 1060. The number of aryl methyl sites for hydroxylation is 2. The zero-order valence-electron chi connectivity index (χ0n) is 17.1. The highest BCUT2D eigenvalue weighted by atomic mass is 32.1. The summed E-state index contributed by atoms with van der Waals surface area (Å²) in [4.78, 5) is 46.2. The number of rotatable bonds is 8. The number of hydrogen-bond donors (Lipinski definition) is 2. The Kier molecular flexibility index (Phi) is 6.27. The highest BCUT2D eigenvalue weighted by Gasteiger charge is 2.30. The summed E-state index contributed by atoms with van der Waals surface area (Å²) in [7, 11) is 0. The fraction of sp³-hybridized carbons (Fsp3) is 0.261. The molecule has 0 unspecified atom stereocenters. The van der Waals surface area contributed by atoms with Crippen molar-refractivity contribution in [2.24, 2.45) is 0 Å². The molecule has 164 valence electrons. The van der Waals surface area contributed by atoms with Crippen molar-refractivity contribution in [1.29, 1.82) is 0 Å². The van der Waals surface area contributed by atoms with Gasteiger partial charge in [0.2, 0.25) is 0 Å². The van der Waals surface area contributed by atoms with Crippen LogP contribution in [-0.4, -0.2) is 42.1 Å². The van der Waals surface area contributed by atoms with Crippen molar-refractivity contribution < 1.29 is 28.7 Å². The third kappa shape index (κ3) is 4.67. The second kappa shape index (κ2) is 9.27. The number of cyclic esters (lactones) is 4. The Morgan fingerprint density at radius 1 is 0.656 bits per heavy atom. The van der Waals surface area contributed by atoms with E-state index in [1.165, 1.54) is 0 Å². The van der Waals surface area contributed by atoms with Gasteiger partial charge in [0, 0.05) is 13.1 Å². The lowest BCUT2D eigenvalue weighted by atomic mass is 10.0. The second-order valence-corrected chi connectivity index (χ2v) is 7.91. The quantitative estimate of drug-likeness (QED) is 0.270. The molecule has 0 bridgehead atoms. The van der Waals surface area contributed by atoms with Gasteiger partial charge in [-0.05, 0) is 73.3 Å². The molecule has 0 aromatic heterocycles. The van der Waals surface area contributed by atoms with Crippen molar-refractivity contribution in [2.75, 3.05) is 13.1 Å². The number of fused-ring (bicyclic) bond motifs is 2. The molecule has 0 saturated heterocycles. The van der Waals surface area contributed by atoms with Crippen molar-refractivity contribution in [3.63, 3.8) is 0 Å². The molecule has 2 aromatic rings. The first-order chi connectivity index (χ1) is 15.4. The molecule has 2 aromatic carbocycles. The van der Waals surface area contributed by atoms with Gasteiger partial charge < -0.3 is 20.1 Å². The standard InChI is InChI=1S/C23H20N2O6S/c26-19-15-7-5-13(11-17(15)21(28)30-19)3-1-9-24-23(32)25-10-2-4-14-6-8-16-18(12-14)22(29)31-20(16)27/h5-8,11-12H,1-4,9-10H2,(H2,24,25,32). The molecule has 2 aliphatic rings. The highest BCUT2D eigenvalue weighted by molar-refractivity contribution is 7.80. The van der Waals surface area contributed by atoms with Gasteiger partial charge in [0.25, 0.3) is 0 Å². The maximum atomic E-state index is 11.6. The van der Waals surface area contributed by atoms with Crippen LogP contribution >= 0.6 is 12.2 Å². The zero-order chi connectivity index (χ0) is 22.7. The smallest absolute Gasteiger partial charge is 0.346 e. The van der Waals surface area contributed by atoms with E-state index in [2.05, 4.69) is 20.1 Å². The Balaban J connectivity index is 1.13. The van der Waals surface area contributed by atoms with Crippen molar-refractivity contribution in [2.45, 2.75) is 25.7 Å². The van der Waals surface area contributed by atoms with Gasteiger partial charge in [-0.25, -0.2) is 19.2 Å². The highest BCUT2D eigenvalue weighted by Crippen LogP contribution is 2.22. The monoisotopic (exact) mass is 452 g/mol. The Hall–Kier alpha value is -3.59. The van der Waals surface area contributed by atoms with E-state index in [1.54, 1.807) is 24.3 Å². The topological polar surface area (TPSA) is 111 Å². The molecular formula is C23H20N2O6S. The predicted octanol–water partition coefficient (Wildman–Crippen LogP) is 2.34. The summed E-state index contributed by atoms with van der Waals surface area (Å²) >= 11 is 5.28. The van der Waals surface area contributed by atoms with Crippen LogP contribution in [0, 0.1) is 0 Å². The summed E-state index contributed by atoms with van der Waals surface area (Å²) in [5.41, 5.74) is 3.19. The second-order valence-electron chi connectivity index (χ2n) is 7.50. The molecule has 2 heterocycles. The van der Waals surface area contributed by atoms with Gasteiger partial charge in [-0.1, -0.05) is 12.1 Å². The lowest BCUT2D eigenvalue weighted by molar-refractivity contribution is 0.0425. The van der Waals surface area contributed by atoms with E-state index >= 15 is 0 Å². The minimum Gasteiger partial charge on any atom is -0.386 e. The Morgan fingerprint density at radius 3 is 1.50 bits per heavy atom. The van der Waals surface area contributed by atoms with Crippen molar-refractivity contribution in [3.8, 4) is 0 Å². The van der Waals surface area contributed by atoms with E-state index in [1.807, 2.05) is 12.1 Å². The number of esters is 4. The molecule has 0 amide bonds. The minimum absolute atomic E-state index is 0.315. The van der Waals surface area contributed by atoms with Gasteiger partial charge in [-0.3, -0.25) is 0 Å². The number of hydrogen-bond acceptors (Lipinski definition) is 7. The van der Waals surface area contributed by atoms with Crippen LogP contribution in [0.2, 0.25) is 0 Å². The summed E-state index contributed by atoms with van der Waals surface area (Å²) in [5.74, 6) is -2.38. The molecule has 0 radical (unpaired) electrons. The fourth-order valence-corrected chi connectivity index (χ4v) is 3.83. The minimum atomic E-state index is -0.594. The summed E-state index contributed by atoms with van der Waals surface area (Å²) in [5, 5.41) is 6.83. The first kappa shape index (κ1) is 21.6. The molecule has 0 fully saturated rings. The van der Waals surface area contributed by atoms with Gasteiger partial charge in [0.15, 0.2) is 5.11 Å². The van der Waals surface area contributed by atoms with Crippen LogP contribution in [0.25, 0.3) is 0 Å². The van der Waals surface area contributed by atoms with Gasteiger partial charge in [-0.15, -0.1) is 0 Å². The van der Waals surface area contributed by atoms with E-state index in [0.29, 0.717) is 40.5 Å². The Labute approximate surface area is 189 Å². The predicted molar refractivity (Wildman–Crippen MR) is 118 cm³/mol. The molecule has 2 aliphatic heterocycles. The maximum Gasteiger partial charge on any atom is 0.346 e. The summed E-state index contributed by atoms with van der Waals surface area (Å²) in [6, 6.07) is 10.3. The van der Waals surface area contributed by atoms with E-state index in [-0.39, 0.29) is 0 Å². The first-order valence-corrected chi connectivity index (χ1v) is 10.6. The van der Waals surface area contributed by atoms with Crippen molar-refractivity contribution in [1.82, 2.24) is 10.6 Å². The summed E-state index contributed by atoms with van der Waals surface area (Å²) in [6.07, 6.45) is 3.06.